The molecule has 5 heterocycles. The molecule has 1 aliphatic heterocycles. The number of piperidine rings is 1. The Bertz CT molecular complexity index is 1580. The number of nitrogens with zero attached hydrogens (tertiary/aromatic N) is 7. The first-order valence-corrected chi connectivity index (χ1v) is 12.9. The summed E-state index contributed by atoms with van der Waals surface area (Å²) in [6.07, 6.45) is 9.68. The van der Waals surface area contributed by atoms with Gasteiger partial charge in [0.1, 0.15) is 11.3 Å². The van der Waals surface area contributed by atoms with E-state index >= 15 is 0 Å². The average molecular weight is 492 g/mol. The maximum Gasteiger partial charge on any atom is 0.167 e. The molecular weight excluding hydrogens is 462 g/mol. The van der Waals surface area contributed by atoms with E-state index < -0.39 is 0 Å². The second kappa shape index (κ2) is 8.79. The Morgan fingerprint density at radius 2 is 1.81 bits per heavy atom. The summed E-state index contributed by atoms with van der Waals surface area (Å²) >= 11 is 0. The molecule has 0 saturated carbocycles. The number of hydrogen-bond acceptors (Lipinski definition) is 7. The van der Waals surface area contributed by atoms with Gasteiger partial charge in [0.2, 0.25) is 0 Å². The largest absolute Gasteiger partial charge is 0.383 e. The molecular formula is C28H29N9. The van der Waals surface area contributed by atoms with Crippen molar-refractivity contribution in [1.82, 2.24) is 34.2 Å². The maximum absolute atomic E-state index is 6.32. The van der Waals surface area contributed by atoms with E-state index in [9.17, 15) is 0 Å². The zero-order chi connectivity index (χ0) is 24.9. The Kier molecular flexibility index (Phi) is 5.26. The molecule has 1 saturated heterocycles. The van der Waals surface area contributed by atoms with Crippen LogP contribution in [0, 0.1) is 0 Å². The predicted molar refractivity (Wildman–Crippen MR) is 143 cm³/mol. The van der Waals surface area contributed by atoms with Crippen LogP contribution in [0.4, 0.5) is 5.82 Å². The summed E-state index contributed by atoms with van der Waals surface area (Å²) in [7, 11) is 0. The number of nitrogens with two attached hydrogens (primary N) is 2. The second-order valence-corrected chi connectivity index (χ2v) is 9.98. The molecule has 0 amide bonds. The van der Waals surface area contributed by atoms with Gasteiger partial charge >= 0.3 is 0 Å². The molecule has 5 aromatic rings. The number of benzene rings is 1. The van der Waals surface area contributed by atoms with Gasteiger partial charge in [-0.2, -0.15) is 5.10 Å². The molecule has 2 aliphatic rings. The van der Waals surface area contributed by atoms with E-state index in [2.05, 4.69) is 37.7 Å². The fourth-order valence-electron chi connectivity index (χ4n) is 5.84. The van der Waals surface area contributed by atoms with Crippen molar-refractivity contribution in [2.24, 2.45) is 5.73 Å². The van der Waals surface area contributed by atoms with E-state index in [-0.39, 0.29) is 0 Å². The lowest BCUT2D eigenvalue weighted by atomic mass is 10.0. The molecule has 1 fully saturated rings. The summed E-state index contributed by atoms with van der Waals surface area (Å²) in [6.45, 7) is 2.15. The Hall–Kier alpha value is -4.08. The summed E-state index contributed by atoms with van der Waals surface area (Å²) in [5.41, 5.74) is 18.6. The standard InChI is InChI=1S/C28H29N9/c29-19-10-15-35(16-11-19)24-8-4-18-17-20(5-6-21(18)24)37-27(22-3-1-12-31-26(22)30)33-23-7-9-25(34-28(23)37)36-14-2-13-32-36/h1-3,5-7,9,12-14,17,19,24H,4,8,10-11,15-16,29H2,(H2,30,31). The van der Waals surface area contributed by atoms with Crippen LogP contribution in [0.15, 0.2) is 67.1 Å². The first-order valence-electron chi connectivity index (χ1n) is 12.9. The fourth-order valence-corrected chi connectivity index (χ4v) is 5.84. The van der Waals surface area contributed by atoms with Gasteiger partial charge in [-0.1, -0.05) is 6.07 Å². The molecule has 7 rings (SSSR count). The third-order valence-corrected chi connectivity index (χ3v) is 7.75. The van der Waals surface area contributed by atoms with Crippen LogP contribution >= 0.6 is 0 Å². The van der Waals surface area contributed by atoms with E-state index in [0.29, 0.717) is 17.9 Å². The molecule has 37 heavy (non-hydrogen) atoms. The molecule has 9 heteroatoms. The highest BCUT2D eigenvalue weighted by molar-refractivity contribution is 5.83. The first kappa shape index (κ1) is 22.1. The highest BCUT2D eigenvalue weighted by atomic mass is 15.3. The number of imidazole rings is 1. The molecule has 0 bridgehead atoms. The van der Waals surface area contributed by atoms with Crippen molar-refractivity contribution in [3.63, 3.8) is 0 Å². The molecule has 1 aromatic carbocycles. The van der Waals surface area contributed by atoms with Crippen LogP contribution < -0.4 is 11.5 Å². The highest BCUT2D eigenvalue weighted by Crippen LogP contribution is 2.39. The normalized spacial score (nSPS) is 18.5. The number of aromatic nitrogens is 6. The minimum atomic E-state index is 0.339. The van der Waals surface area contributed by atoms with Gasteiger partial charge in [-0.05, 0) is 79.3 Å². The zero-order valence-electron chi connectivity index (χ0n) is 20.5. The Morgan fingerprint density at radius 1 is 0.919 bits per heavy atom. The second-order valence-electron chi connectivity index (χ2n) is 9.98. The van der Waals surface area contributed by atoms with Crippen molar-refractivity contribution in [1.29, 1.82) is 0 Å². The van der Waals surface area contributed by atoms with Crippen LogP contribution in [0.2, 0.25) is 0 Å². The molecule has 1 atom stereocenters. The van der Waals surface area contributed by atoms with E-state index in [1.165, 1.54) is 11.1 Å². The van der Waals surface area contributed by atoms with Crippen LogP contribution in [-0.2, 0) is 6.42 Å². The van der Waals surface area contributed by atoms with Gasteiger partial charge in [0.25, 0.3) is 0 Å². The Balaban J connectivity index is 1.36. The van der Waals surface area contributed by atoms with Crippen LogP contribution in [-0.4, -0.2) is 53.3 Å². The van der Waals surface area contributed by atoms with Crippen molar-refractivity contribution in [3.05, 3.63) is 78.2 Å². The Morgan fingerprint density at radius 3 is 2.62 bits per heavy atom. The fraction of sp³-hybridized carbons (Fsp3) is 0.286. The van der Waals surface area contributed by atoms with Crippen LogP contribution in [0.3, 0.4) is 0 Å². The number of likely N-dealkylation sites (tertiary alicyclic amines) is 1. The van der Waals surface area contributed by atoms with Crippen LogP contribution in [0.1, 0.15) is 36.4 Å². The third kappa shape index (κ3) is 3.78. The topological polar surface area (TPSA) is 117 Å². The molecule has 4 aromatic heterocycles. The molecule has 0 radical (unpaired) electrons. The SMILES string of the molecule is Nc1ncccc1-c1nc2ccc(-n3cccn3)nc2n1-c1ccc2c(c1)CCC2N1CCC(N)CC1. The van der Waals surface area contributed by atoms with Gasteiger partial charge in [0.05, 0.1) is 5.56 Å². The average Bonchev–Trinajstić information content (AvgIpc) is 3.67. The predicted octanol–water partition coefficient (Wildman–Crippen LogP) is 3.66. The minimum Gasteiger partial charge on any atom is -0.383 e. The van der Waals surface area contributed by atoms with Crippen molar-refractivity contribution in [2.45, 2.75) is 37.8 Å². The monoisotopic (exact) mass is 491 g/mol. The quantitative estimate of drug-likeness (QED) is 0.394. The van der Waals surface area contributed by atoms with Crippen molar-refractivity contribution >= 4 is 17.0 Å². The molecule has 1 aliphatic carbocycles. The van der Waals surface area contributed by atoms with Crippen LogP contribution in [0.5, 0.6) is 0 Å². The van der Waals surface area contributed by atoms with E-state index in [1.54, 1.807) is 17.1 Å². The summed E-state index contributed by atoms with van der Waals surface area (Å²) in [6, 6.07) is 17.2. The first-order chi connectivity index (χ1) is 18.2. The number of fused-ring (bicyclic) bond motifs is 2. The molecule has 186 valence electrons. The number of anilines is 1. The lowest BCUT2D eigenvalue weighted by molar-refractivity contribution is 0.153. The van der Waals surface area contributed by atoms with E-state index in [4.69, 9.17) is 21.4 Å². The maximum atomic E-state index is 6.32. The van der Waals surface area contributed by atoms with Crippen molar-refractivity contribution in [2.75, 3.05) is 18.8 Å². The van der Waals surface area contributed by atoms with Gasteiger partial charge in [-0.3, -0.25) is 9.47 Å². The number of hydrogen-bond donors (Lipinski definition) is 2. The highest BCUT2D eigenvalue weighted by Gasteiger charge is 2.31. The minimum absolute atomic E-state index is 0.339. The van der Waals surface area contributed by atoms with E-state index in [0.717, 1.165) is 72.8 Å². The van der Waals surface area contributed by atoms with Gasteiger partial charge in [0, 0.05) is 49.5 Å². The zero-order valence-corrected chi connectivity index (χ0v) is 20.5. The summed E-state index contributed by atoms with van der Waals surface area (Å²) in [5.74, 6) is 1.90. The number of rotatable bonds is 4. The van der Waals surface area contributed by atoms with Crippen LogP contribution in [0.25, 0.3) is 34.1 Å². The number of nitrogen functional groups attached to an aromatic ring is 1. The van der Waals surface area contributed by atoms with E-state index in [1.807, 2.05) is 36.5 Å². The van der Waals surface area contributed by atoms with Crippen molar-refractivity contribution in [3.8, 4) is 22.9 Å². The van der Waals surface area contributed by atoms with Gasteiger partial charge in [0.15, 0.2) is 17.3 Å². The summed E-state index contributed by atoms with van der Waals surface area (Å²) in [4.78, 5) is 16.9. The molecule has 1 unspecified atom stereocenters. The van der Waals surface area contributed by atoms with Crippen molar-refractivity contribution < 1.29 is 0 Å². The molecule has 9 nitrogen and oxygen atoms in total. The van der Waals surface area contributed by atoms with Gasteiger partial charge in [-0.15, -0.1) is 0 Å². The molecule has 0 spiro atoms. The summed E-state index contributed by atoms with van der Waals surface area (Å²) < 4.78 is 3.86. The lowest BCUT2D eigenvalue weighted by Crippen LogP contribution is -2.41. The van der Waals surface area contributed by atoms with Gasteiger partial charge in [-0.25, -0.2) is 19.6 Å². The number of aryl methyl sites for hydroxylation is 1. The smallest absolute Gasteiger partial charge is 0.167 e. The lowest BCUT2D eigenvalue weighted by Gasteiger charge is -2.35. The summed E-state index contributed by atoms with van der Waals surface area (Å²) in [5, 5.41) is 4.36. The molecule has 4 N–H and O–H groups in total. The number of pyridine rings is 2. The Labute approximate surface area is 214 Å². The third-order valence-electron chi connectivity index (χ3n) is 7.75. The van der Waals surface area contributed by atoms with Gasteiger partial charge < -0.3 is 11.5 Å².